The summed E-state index contributed by atoms with van der Waals surface area (Å²) in [5, 5.41) is 2.64. The molecule has 0 heterocycles. The molecule has 0 unspecified atom stereocenters. The average molecular weight is 726 g/mol. The van der Waals surface area contributed by atoms with E-state index in [4.69, 9.17) is 61.6 Å². The molecule has 0 saturated heterocycles. The van der Waals surface area contributed by atoms with Crippen molar-refractivity contribution in [3.05, 3.63) is 35.9 Å². The molecule has 0 spiro atoms. The van der Waals surface area contributed by atoms with Gasteiger partial charge in [-0.3, -0.25) is 0 Å². The van der Waals surface area contributed by atoms with E-state index in [-0.39, 0.29) is 13.2 Å². The fourth-order valence-electron chi connectivity index (χ4n) is 3.58. The highest BCUT2D eigenvalue weighted by Crippen LogP contribution is 2.00. The van der Waals surface area contributed by atoms with Crippen LogP contribution in [0.3, 0.4) is 0 Å². The van der Waals surface area contributed by atoms with Gasteiger partial charge in [0.05, 0.1) is 159 Å². The number of amides is 1. The fraction of sp³-hybridized carbons (Fsp3) is 0.794. The first-order valence-electron chi connectivity index (χ1n) is 17.3. The molecule has 0 radical (unpaired) electrons. The van der Waals surface area contributed by atoms with Crippen LogP contribution in [0, 0.1) is 0 Å². The second-order valence-corrected chi connectivity index (χ2v) is 10.0. The summed E-state index contributed by atoms with van der Waals surface area (Å²) >= 11 is 0. The summed E-state index contributed by atoms with van der Waals surface area (Å²) < 4.78 is 81.7. The largest absolute Gasteiger partial charge is 0.445 e. The molecule has 0 saturated carbocycles. The molecule has 0 aliphatic rings. The number of ether oxygens (including phenoxy) is 13. The Hall–Kier alpha value is -2.06. The molecule has 0 aliphatic carbocycles. The van der Waals surface area contributed by atoms with Crippen LogP contribution in [0.2, 0.25) is 0 Å². The van der Waals surface area contributed by atoms with Gasteiger partial charge < -0.3 is 66.9 Å². The lowest BCUT2D eigenvalue weighted by Gasteiger charge is -2.09. The molecular weight excluding hydrogens is 665 g/mol. The third kappa shape index (κ3) is 35.8. The van der Waals surface area contributed by atoms with Crippen molar-refractivity contribution in [1.29, 1.82) is 0 Å². The second-order valence-electron chi connectivity index (χ2n) is 10.0. The first kappa shape index (κ1) is 46.0. The van der Waals surface area contributed by atoms with Crippen LogP contribution in [0.5, 0.6) is 0 Å². The van der Waals surface area contributed by atoms with Gasteiger partial charge in [0, 0.05) is 6.54 Å². The Morgan fingerprint density at radius 3 is 1.00 bits per heavy atom. The molecule has 1 rings (SSSR count). The molecular formula is C34H60FNO14. The van der Waals surface area contributed by atoms with Crippen LogP contribution in [0.1, 0.15) is 5.56 Å². The van der Waals surface area contributed by atoms with E-state index in [2.05, 4.69) is 5.32 Å². The van der Waals surface area contributed by atoms with Gasteiger partial charge in [-0.25, -0.2) is 9.18 Å². The Balaban J connectivity index is 1.63. The summed E-state index contributed by atoms with van der Waals surface area (Å²) in [5.41, 5.74) is 0.934. The molecule has 1 aromatic carbocycles. The van der Waals surface area contributed by atoms with Crippen molar-refractivity contribution in [2.75, 3.05) is 172 Å². The van der Waals surface area contributed by atoms with Crippen molar-refractivity contribution >= 4 is 6.09 Å². The molecule has 0 aromatic heterocycles. The summed E-state index contributed by atoms with van der Waals surface area (Å²) in [6.45, 7) is 10.9. The SMILES string of the molecule is O=C(NCCOCCOCCOCCOCCOCCOCCOCCOCCOCCOCCOCCOCCF)OCc1ccccc1. The number of benzene rings is 1. The van der Waals surface area contributed by atoms with Crippen molar-refractivity contribution in [3.8, 4) is 0 Å². The van der Waals surface area contributed by atoms with E-state index in [1.54, 1.807) is 0 Å². The molecule has 0 atom stereocenters. The van der Waals surface area contributed by atoms with Crippen molar-refractivity contribution < 1.29 is 70.8 Å². The predicted octanol–water partition coefficient (Wildman–Crippen LogP) is 2.08. The summed E-state index contributed by atoms with van der Waals surface area (Å²) in [6, 6.07) is 9.49. The van der Waals surface area contributed by atoms with Crippen molar-refractivity contribution in [2.24, 2.45) is 0 Å². The van der Waals surface area contributed by atoms with Gasteiger partial charge in [0.2, 0.25) is 0 Å². The van der Waals surface area contributed by atoms with Crippen LogP contribution < -0.4 is 5.32 Å². The van der Waals surface area contributed by atoms with E-state index in [1.165, 1.54) is 0 Å². The van der Waals surface area contributed by atoms with Gasteiger partial charge >= 0.3 is 6.09 Å². The van der Waals surface area contributed by atoms with Gasteiger partial charge in [0.1, 0.15) is 13.3 Å². The second kappa shape index (κ2) is 39.7. The zero-order valence-electron chi connectivity index (χ0n) is 29.6. The highest BCUT2D eigenvalue weighted by atomic mass is 19.1. The number of alkyl halides is 1. The van der Waals surface area contributed by atoms with Crippen molar-refractivity contribution in [2.45, 2.75) is 6.61 Å². The molecule has 1 amide bonds. The number of hydrogen-bond donors (Lipinski definition) is 1. The van der Waals surface area contributed by atoms with Gasteiger partial charge in [0.15, 0.2) is 0 Å². The Bertz CT molecular complexity index is 817. The molecule has 15 nitrogen and oxygen atoms in total. The van der Waals surface area contributed by atoms with Crippen molar-refractivity contribution in [3.63, 3.8) is 0 Å². The third-order valence-corrected chi connectivity index (χ3v) is 6.04. The van der Waals surface area contributed by atoms with E-state index < -0.39 is 12.8 Å². The lowest BCUT2D eigenvalue weighted by atomic mass is 10.2. The Labute approximate surface area is 296 Å². The molecule has 16 heteroatoms. The maximum Gasteiger partial charge on any atom is 0.407 e. The standard InChI is InChI=1S/C34H60FNO14/c35-6-8-38-10-12-40-14-16-42-18-20-44-22-24-46-26-28-48-30-31-49-29-27-47-25-23-45-21-19-43-17-15-41-13-11-39-9-7-36-34(37)50-32-33-4-2-1-3-5-33/h1-5H,6-32H2,(H,36,37). The summed E-state index contributed by atoms with van der Waals surface area (Å²) in [7, 11) is 0. The van der Waals surface area contributed by atoms with E-state index in [1.807, 2.05) is 30.3 Å². The topological polar surface area (TPSA) is 149 Å². The first-order chi connectivity index (χ1) is 24.8. The summed E-state index contributed by atoms with van der Waals surface area (Å²) in [5.74, 6) is 0. The minimum atomic E-state index is -0.479. The van der Waals surface area contributed by atoms with Crippen LogP contribution in [-0.4, -0.2) is 178 Å². The predicted molar refractivity (Wildman–Crippen MR) is 180 cm³/mol. The normalized spacial score (nSPS) is 11.3. The van der Waals surface area contributed by atoms with E-state index in [0.717, 1.165) is 5.56 Å². The maximum atomic E-state index is 11.8. The third-order valence-electron chi connectivity index (χ3n) is 6.04. The molecule has 292 valence electrons. The average Bonchev–Trinajstić information content (AvgIpc) is 3.14. The van der Waals surface area contributed by atoms with Crippen LogP contribution in [0.15, 0.2) is 30.3 Å². The van der Waals surface area contributed by atoms with Crippen molar-refractivity contribution in [1.82, 2.24) is 5.32 Å². The fourth-order valence-corrected chi connectivity index (χ4v) is 3.58. The summed E-state index contributed by atoms with van der Waals surface area (Å²) in [4.78, 5) is 11.6. The quantitative estimate of drug-likeness (QED) is 0.0985. The minimum absolute atomic E-state index is 0.108. The molecule has 1 aromatic rings. The van der Waals surface area contributed by atoms with E-state index in [0.29, 0.717) is 159 Å². The lowest BCUT2D eigenvalue weighted by molar-refractivity contribution is -0.0284. The zero-order chi connectivity index (χ0) is 35.7. The maximum absolute atomic E-state index is 11.8. The highest BCUT2D eigenvalue weighted by Gasteiger charge is 2.02. The lowest BCUT2D eigenvalue weighted by Crippen LogP contribution is -2.28. The number of alkyl carbamates (subject to hydrolysis) is 1. The number of carbonyl (C=O) groups excluding carboxylic acids is 1. The van der Waals surface area contributed by atoms with Gasteiger partial charge in [-0.1, -0.05) is 30.3 Å². The van der Waals surface area contributed by atoms with Gasteiger partial charge in [-0.2, -0.15) is 0 Å². The Kier molecular flexibility index (Phi) is 36.5. The monoisotopic (exact) mass is 725 g/mol. The molecule has 0 fully saturated rings. The smallest absolute Gasteiger partial charge is 0.407 e. The number of rotatable bonds is 40. The van der Waals surface area contributed by atoms with Crippen LogP contribution in [0.25, 0.3) is 0 Å². The van der Waals surface area contributed by atoms with E-state index >= 15 is 0 Å². The zero-order valence-corrected chi connectivity index (χ0v) is 29.6. The van der Waals surface area contributed by atoms with Crippen LogP contribution >= 0.6 is 0 Å². The molecule has 0 bridgehead atoms. The first-order valence-corrected chi connectivity index (χ1v) is 17.3. The molecule has 1 N–H and O–H groups in total. The van der Waals surface area contributed by atoms with Gasteiger partial charge in [-0.05, 0) is 5.56 Å². The minimum Gasteiger partial charge on any atom is -0.445 e. The Morgan fingerprint density at radius 1 is 0.420 bits per heavy atom. The number of carbonyl (C=O) groups is 1. The van der Waals surface area contributed by atoms with Crippen LogP contribution in [0.4, 0.5) is 9.18 Å². The van der Waals surface area contributed by atoms with E-state index in [9.17, 15) is 9.18 Å². The van der Waals surface area contributed by atoms with Gasteiger partial charge in [-0.15, -0.1) is 0 Å². The number of halogens is 1. The summed E-state index contributed by atoms with van der Waals surface area (Å²) in [6.07, 6.45) is -0.473. The molecule has 0 aliphatic heterocycles. The number of nitrogens with one attached hydrogen (secondary N) is 1. The number of hydrogen-bond acceptors (Lipinski definition) is 14. The molecule has 50 heavy (non-hydrogen) atoms. The van der Waals surface area contributed by atoms with Gasteiger partial charge in [0.25, 0.3) is 0 Å². The van der Waals surface area contributed by atoms with Crippen LogP contribution in [-0.2, 0) is 68.2 Å². The Morgan fingerprint density at radius 2 is 0.700 bits per heavy atom. The highest BCUT2D eigenvalue weighted by molar-refractivity contribution is 5.67.